The van der Waals surface area contributed by atoms with E-state index < -0.39 is 5.97 Å². The topological polar surface area (TPSA) is 36.9 Å². The summed E-state index contributed by atoms with van der Waals surface area (Å²) in [6.45, 7) is 0.217. The van der Waals surface area contributed by atoms with Crippen LogP contribution in [0.25, 0.3) is 0 Å². The molecule has 0 aromatic heterocycles. The van der Waals surface area contributed by atoms with Crippen LogP contribution in [0.1, 0.15) is 0 Å². The van der Waals surface area contributed by atoms with Gasteiger partial charge in [0.15, 0.2) is 6.61 Å². The first-order chi connectivity index (χ1) is 5.74. The second-order valence-corrected chi connectivity index (χ2v) is 2.74. The first-order valence-corrected chi connectivity index (χ1v) is 4.78. The number of ether oxygens (including phenoxy) is 4. The van der Waals surface area contributed by atoms with Crippen molar-refractivity contribution >= 4 is 10.2 Å². The highest BCUT2D eigenvalue weighted by Crippen LogP contribution is 2.12. The summed E-state index contributed by atoms with van der Waals surface area (Å²) in [5.74, 6) is -1.08. The molecule has 0 heterocycles. The summed E-state index contributed by atoms with van der Waals surface area (Å²) in [5, 5.41) is 0. The summed E-state index contributed by atoms with van der Waals surface area (Å²) >= 11 is 0. The lowest BCUT2D eigenvalue weighted by atomic mass is 10.6. The third-order valence-electron chi connectivity index (χ3n) is 1.43. The van der Waals surface area contributed by atoms with Crippen molar-refractivity contribution < 1.29 is 18.9 Å². The number of hydrogen-bond donors (Lipinski definition) is 0. The molecule has 0 aliphatic carbocycles. The molecule has 0 unspecified atom stereocenters. The Bertz CT molecular complexity index is 125. The molecule has 0 rings (SSSR count). The van der Waals surface area contributed by atoms with E-state index in [1.54, 1.807) is 6.26 Å². The average Bonchev–Trinajstić information content (AvgIpc) is 2.14. The normalized spacial score (nSPS) is 12.6. The molecule has 5 heteroatoms. The lowest BCUT2D eigenvalue weighted by Gasteiger charge is -2.27. The molecule has 0 fully saturated rings. The van der Waals surface area contributed by atoms with Gasteiger partial charge in [-0.15, -0.1) is 0 Å². The maximum Gasteiger partial charge on any atom is 0.318 e. The predicted molar refractivity (Wildman–Crippen MR) is 48.8 cm³/mol. The van der Waals surface area contributed by atoms with Crippen LogP contribution < -0.4 is 0 Å². The van der Waals surface area contributed by atoms with E-state index >= 15 is 0 Å². The van der Waals surface area contributed by atoms with Gasteiger partial charge in [-0.3, -0.25) is 0 Å². The van der Waals surface area contributed by atoms with Gasteiger partial charge in [0.1, 0.15) is 0 Å². The third kappa shape index (κ3) is 3.36. The molecule has 0 spiro atoms. The number of methoxy groups -OCH3 is 3. The van der Waals surface area contributed by atoms with Gasteiger partial charge in [-0.1, -0.05) is 5.70 Å². The monoisotopic (exact) mass is 192 g/mol. The summed E-state index contributed by atoms with van der Waals surface area (Å²) in [5.41, 5.74) is 1.91. The van der Waals surface area contributed by atoms with Crippen LogP contribution in [0.5, 0.6) is 0 Å². The van der Waals surface area contributed by atoms with E-state index in [0.29, 0.717) is 0 Å². The molecule has 72 valence electrons. The Kier molecular flexibility index (Phi) is 6.00. The molecule has 0 aliphatic rings. The summed E-state index contributed by atoms with van der Waals surface area (Å²) < 4.78 is 20.1. The minimum absolute atomic E-state index is 0.217. The van der Waals surface area contributed by atoms with Gasteiger partial charge in [-0.25, -0.2) is 0 Å². The SMILES string of the molecule is COC(COC=C[SiH3])(OC)OC. The molecule has 0 aromatic carbocycles. The smallest absolute Gasteiger partial charge is 0.318 e. The lowest BCUT2D eigenvalue weighted by molar-refractivity contribution is -0.364. The molecule has 0 saturated heterocycles. The zero-order valence-corrected chi connectivity index (χ0v) is 9.99. The largest absolute Gasteiger partial charge is 0.493 e. The quantitative estimate of drug-likeness (QED) is 0.321. The van der Waals surface area contributed by atoms with Crippen LogP contribution in [0.2, 0.25) is 0 Å². The van der Waals surface area contributed by atoms with Crippen LogP contribution in [0.3, 0.4) is 0 Å². The van der Waals surface area contributed by atoms with Crippen molar-refractivity contribution in [3.05, 3.63) is 12.0 Å². The van der Waals surface area contributed by atoms with Gasteiger partial charge in [0.25, 0.3) is 0 Å². The van der Waals surface area contributed by atoms with Crippen LogP contribution in [-0.4, -0.2) is 44.2 Å². The Morgan fingerprint density at radius 3 is 2.00 bits per heavy atom. The molecule has 0 bridgehead atoms. The second kappa shape index (κ2) is 6.19. The van der Waals surface area contributed by atoms with E-state index in [1.807, 2.05) is 5.70 Å². The molecular weight excluding hydrogens is 176 g/mol. The summed E-state index contributed by atoms with van der Waals surface area (Å²) in [6, 6.07) is 0. The Labute approximate surface area is 75.9 Å². The highest BCUT2D eigenvalue weighted by molar-refractivity contribution is 6.16. The van der Waals surface area contributed by atoms with Gasteiger partial charge in [0.2, 0.25) is 0 Å². The van der Waals surface area contributed by atoms with E-state index in [4.69, 9.17) is 18.9 Å². The van der Waals surface area contributed by atoms with Crippen molar-refractivity contribution in [2.24, 2.45) is 0 Å². The molecule has 0 radical (unpaired) electrons. The van der Waals surface area contributed by atoms with Gasteiger partial charge in [-0.05, 0) is 0 Å². The molecule has 0 aliphatic heterocycles. The Hall–Kier alpha value is -0.363. The van der Waals surface area contributed by atoms with Crippen molar-refractivity contribution in [2.75, 3.05) is 27.9 Å². The summed E-state index contributed by atoms with van der Waals surface area (Å²) in [4.78, 5) is 0. The Morgan fingerprint density at radius 2 is 1.67 bits per heavy atom. The fraction of sp³-hybridized carbons (Fsp3) is 0.714. The van der Waals surface area contributed by atoms with E-state index in [9.17, 15) is 0 Å². The highest BCUT2D eigenvalue weighted by atomic mass is 28.1. The molecule has 0 N–H and O–H groups in total. The third-order valence-corrected chi connectivity index (χ3v) is 1.70. The van der Waals surface area contributed by atoms with Crippen molar-refractivity contribution in [2.45, 2.75) is 5.97 Å². The molecule has 0 amide bonds. The van der Waals surface area contributed by atoms with E-state index in [-0.39, 0.29) is 6.61 Å². The first kappa shape index (κ1) is 11.6. The van der Waals surface area contributed by atoms with Gasteiger partial charge in [0.05, 0.1) is 6.26 Å². The van der Waals surface area contributed by atoms with E-state index in [2.05, 4.69) is 0 Å². The fourth-order valence-corrected chi connectivity index (χ4v) is 0.866. The van der Waals surface area contributed by atoms with Crippen molar-refractivity contribution in [1.82, 2.24) is 0 Å². The minimum atomic E-state index is -1.08. The van der Waals surface area contributed by atoms with Gasteiger partial charge in [0, 0.05) is 31.6 Å². The molecule has 4 nitrogen and oxygen atoms in total. The van der Waals surface area contributed by atoms with Crippen LogP contribution >= 0.6 is 0 Å². The molecule has 0 saturated carbocycles. The van der Waals surface area contributed by atoms with E-state index in [0.717, 1.165) is 10.2 Å². The fourth-order valence-electron chi connectivity index (χ4n) is 0.673. The van der Waals surface area contributed by atoms with Crippen LogP contribution in [0, 0.1) is 0 Å². The Balaban J connectivity index is 3.92. The van der Waals surface area contributed by atoms with Crippen molar-refractivity contribution in [1.29, 1.82) is 0 Å². The van der Waals surface area contributed by atoms with Gasteiger partial charge >= 0.3 is 5.97 Å². The lowest BCUT2D eigenvalue weighted by Crippen LogP contribution is -2.40. The first-order valence-electron chi connectivity index (χ1n) is 3.63. The molecule has 12 heavy (non-hydrogen) atoms. The maximum absolute atomic E-state index is 5.10. The van der Waals surface area contributed by atoms with E-state index in [1.165, 1.54) is 21.3 Å². The van der Waals surface area contributed by atoms with Crippen molar-refractivity contribution in [3.8, 4) is 0 Å². The zero-order chi connectivity index (χ0) is 9.45. The highest BCUT2D eigenvalue weighted by Gasteiger charge is 2.30. The molecule has 0 aromatic rings. The maximum atomic E-state index is 5.10. The van der Waals surface area contributed by atoms with Gasteiger partial charge in [-0.2, -0.15) is 0 Å². The summed E-state index contributed by atoms with van der Waals surface area (Å²) in [7, 11) is 5.47. The number of hydrogen-bond acceptors (Lipinski definition) is 4. The second-order valence-electron chi connectivity index (χ2n) is 2.08. The standard InChI is InChI=1S/C7H16O4Si/c1-8-7(9-2,10-3)6-11-4-5-12/h4-5H,6H2,1-3,12H3. The minimum Gasteiger partial charge on any atom is -0.493 e. The van der Waals surface area contributed by atoms with Crippen LogP contribution in [0.15, 0.2) is 12.0 Å². The Morgan fingerprint density at radius 1 is 1.17 bits per heavy atom. The summed E-state index contributed by atoms with van der Waals surface area (Å²) in [6.07, 6.45) is 1.61. The predicted octanol–water partition coefficient (Wildman–Crippen LogP) is -0.567. The van der Waals surface area contributed by atoms with Crippen LogP contribution in [0.4, 0.5) is 0 Å². The number of rotatable bonds is 6. The van der Waals surface area contributed by atoms with Gasteiger partial charge < -0.3 is 18.9 Å². The average molecular weight is 192 g/mol. The van der Waals surface area contributed by atoms with Crippen molar-refractivity contribution in [3.63, 3.8) is 0 Å². The molecular formula is C7H16O4Si. The van der Waals surface area contributed by atoms with Crippen LogP contribution in [-0.2, 0) is 18.9 Å². The molecule has 0 atom stereocenters. The zero-order valence-electron chi connectivity index (χ0n) is 7.99.